The SMILES string of the molecule is COC1=CC(=O)c2cc3c(cc2C1=O)[C@]1(C)CCC(=O)c2coc(c21)C3=O. The second-order valence-electron chi connectivity index (χ2n) is 7.29. The first-order chi connectivity index (χ1) is 12.9. The van der Waals surface area contributed by atoms with Crippen molar-refractivity contribution in [2.24, 2.45) is 0 Å². The predicted molar refractivity (Wildman–Crippen MR) is 92.4 cm³/mol. The number of carbonyl (C=O) groups is 4. The van der Waals surface area contributed by atoms with Crippen LogP contribution in [0.25, 0.3) is 0 Å². The van der Waals surface area contributed by atoms with Crippen molar-refractivity contribution in [3.05, 3.63) is 69.4 Å². The first-order valence-electron chi connectivity index (χ1n) is 8.60. The smallest absolute Gasteiger partial charge is 0.228 e. The van der Waals surface area contributed by atoms with Gasteiger partial charge in [0.25, 0.3) is 0 Å². The standard InChI is InChI=1S/C21H14O6/c1-21-4-3-14(22)12-8-27-20(17(12)21)19(25)11-5-9-10(6-13(11)21)18(24)16(26-2)7-15(9)23/h5-8H,3-4H2,1-2H3/t21-/m0/s1. The molecular weight excluding hydrogens is 348 g/mol. The Morgan fingerprint density at radius 2 is 1.78 bits per heavy atom. The maximum atomic E-state index is 13.0. The molecule has 0 aliphatic heterocycles. The molecule has 1 atom stereocenters. The molecule has 6 nitrogen and oxygen atoms in total. The van der Waals surface area contributed by atoms with Crippen molar-refractivity contribution in [3.63, 3.8) is 0 Å². The molecule has 0 unspecified atom stereocenters. The number of carbonyl (C=O) groups excluding carboxylic acids is 4. The van der Waals surface area contributed by atoms with Gasteiger partial charge in [0.1, 0.15) is 6.26 Å². The fourth-order valence-electron chi connectivity index (χ4n) is 4.48. The molecular formula is C21H14O6. The molecule has 0 amide bonds. The molecule has 1 heterocycles. The Bertz CT molecular complexity index is 1150. The summed E-state index contributed by atoms with van der Waals surface area (Å²) in [4.78, 5) is 50.4. The van der Waals surface area contributed by atoms with Crippen LogP contribution in [0, 0.1) is 0 Å². The third-order valence-electron chi connectivity index (χ3n) is 5.91. The Hall–Kier alpha value is -3.28. The zero-order valence-corrected chi connectivity index (χ0v) is 14.7. The van der Waals surface area contributed by atoms with E-state index in [0.29, 0.717) is 35.1 Å². The molecule has 0 spiro atoms. The second-order valence-corrected chi connectivity index (χ2v) is 7.29. The highest BCUT2D eigenvalue weighted by molar-refractivity contribution is 6.25. The van der Waals surface area contributed by atoms with Crippen LogP contribution in [0.5, 0.6) is 0 Å². The highest BCUT2D eigenvalue weighted by atomic mass is 16.5. The summed E-state index contributed by atoms with van der Waals surface area (Å²) in [5, 5.41) is 0. The van der Waals surface area contributed by atoms with E-state index in [4.69, 9.17) is 9.15 Å². The van der Waals surface area contributed by atoms with E-state index in [1.165, 1.54) is 19.4 Å². The van der Waals surface area contributed by atoms with Crippen molar-refractivity contribution in [2.75, 3.05) is 7.11 Å². The minimum absolute atomic E-state index is 0.0248. The Balaban J connectivity index is 1.82. The van der Waals surface area contributed by atoms with Gasteiger partial charge in [-0.25, -0.2) is 0 Å². The molecule has 134 valence electrons. The van der Waals surface area contributed by atoms with E-state index >= 15 is 0 Å². The lowest BCUT2D eigenvalue weighted by atomic mass is 9.62. The Morgan fingerprint density at radius 1 is 1.00 bits per heavy atom. The van der Waals surface area contributed by atoms with Gasteiger partial charge in [0.05, 0.1) is 12.7 Å². The number of ketones is 4. The summed E-state index contributed by atoms with van der Waals surface area (Å²) in [5.74, 6) is -1.08. The van der Waals surface area contributed by atoms with E-state index in [-0.39, 0.29) is 40.0 Å². The first kappa shape index (κ1) is 15.9. The van der Waals surface area contributed by atoms with Crippen LogP contribution in [-0.2, 0) is 10.2 Å². The Kier molecular flexibility index (Phi) is 2.90. The van der Waals surface area contributed by atoms with E-state index in [1.54, 1.807) is 6.07 Å². The van der Waals surface area contributed by atoms with Gasteiger partial charge in [-0.3, -0.25) is 19.2 Å². The molecule has 0 saturated heterocycles. The molecule has 0 radical (unpaired) electrons. The summed E-state index contributed by atoms with van der Waals surface area (Å²) < 4.78 is 10.5. The third kappa shape index (κ3) is 1.79. The van der Waals surface area contributed by atoms with Crippen molar-refractivity contribution < 1.29 is 28.3 Å². The third-order valence-corrected chi connectivity index (χ3v) is 5.91. The Morgan fingerprint density at radius 3 is 2.52 bits per heavy atom. The van der Waals surface area contributed by atoms with E-state index in [2.05, 4.69) is 0 Å². The lowest BCUT2D eigenvalue weighted by Gasteiger charge is -2.38. The molecule has 0 N–H and O–H groups in total. The minimum Gasteiger partial charge on any atom is -0.492 e. The fourth-order valence-corrected chi connectivity index (χ4v) is 4.48. The van der Waals surface area contributed by atoms with E-state index in [9.17, 15) is 19.2 Å². The van der Waals surface area contributed by atoms with Crippen LogP contribution in [0.3, 0.4) is 0 Å². The van der Waals surface area contributed by atoms with Crippen LogP contribution in [0.4, 0.5) is 0 Å². The van der Waals surface area contributed by atoms with Gasteiger partial charge in [0.2, 0.25) is 11.6 Å². The number of allylic oxidation sites excluding steroid dienone is 2. The van der Waals surface area contributed by atoms with Crippen LogP contribution in [-0.4, -0.2) is 30.2 Å². The van der Waals surface area contributed by atoms with Crippen LogP contribution in [0.15, 0.2) is 34.6 Å². The number of methoxy groups -OCH3 is 1. The number of benzene rings is 1. The van der Waals surface area contributed by atoms with Crippen molar-refractivity contribution in [3.8, 4) is 0 Å². The lowest BCUT2D eigenvalue weighted by Crippen LogP contribution is -2.38. The van der Waals surface area contributed by atoms with Crippen molar-refractivity contribution in [2.45, 2.75) is 25.2 Å². The molecule has 3 aliphatic carbocycles. The number of ether oxygens (including phenoxy) is 1. The summed E-state index contributed by atoms with van der Waals surface area (Å²) in [6.07, 6.45) is 3.31. The molecule has 0 fully saturated rings. The largest absolute Gasteiger partial charge is 0.492 e. The number of fused-ring (bicyclic) bond motifs is 3. The second kappa shape index (κ2) is 4.91. The van der Waals surface area contributed by atoms with Gasteiger partial charge < -0.3 is 9.15 Å². The van der Waals surface area contributed by atoms with E-state index in [0.717, 1.165) is 6.08 Å². The van der Waals surface area contributed by atoms with Gasteiger partial charge in [-0.1, -0.05) is 6.92 Å². The van der Waals surface area contributed by atoms with Crippen molar-refractivity contribution in [1.29, 1.82) is 0 Å². The number of hydrogen-bond donors (Lipinski definition) is 0. The fraction of sp³-hybridized carbons (Fsp3) is 0.238. The van der Waals surface area contributed by atoms with Gasteiger partial charge >= 0.3 is 0 Å². The van der Waals surface area contributed by atoms with Crippen LogP contribution in [0.2, 0.25) is 0 Å². The van der Waals surface area contributed by atoms with Gasteiger partial charge in [-0.05, 0) is 24.1 Å². The number of Topliss-reactive ketones (excluding diaryl/α,β-unsaturated/α-hetero) is 2. The molecule has 5 rings (SSSR count). The highest BCUT2D eigenvalue weighted by Gasteiger charge is 2.48. The monoisotopic (exact) mass is 362 g/mol. The molecule has 6 heteroatoms. The average Bonchev–Trinajstić information content (AvgIpc) is 3.12. The lowest BCUT2D eigenvalue weighted by molar-refractivity contribution is 0.0914. The van der Waals surface area contributed by atoms with Gasteiger partial charge in [0.15, 0.2) is 23.1 Å². The average molecular weight is 362 g/mol. The van der Waals surface area contributed by atoms with E-state index < -0.39 is 11.2 Å². The van der Waals surface area contributed by atoms with Crippen LogP contribution < -0.4 is 0 Å². The summed E-state index contributed by atoms with van der Waals surface area (Å²) in [6, 6.07) is 3.09. The molecule has 0 saturated carbocycles. The van der Waals surface area contributed by atoms with Gasteiger partial charge in [-0.15, -0.1) is 0 Å². The normalized spacial score (nSPS) is 22.8. The maximum absolute atomic E-state index is 13.0. The number of furan rings is 1. The molecule has 1 aromatic heterocycles. The summed E-state index contributed by atoms with van der Waals surface area (Å²) in [6.45, 7) is 1.94. The first-order valence-corrected chi connectivity index (χ1v) is 8.60. The van der Waals surface area contributed by atoms with Crippen molar-refractivity contribution in [1.82, 2.24) is 0 Å². The van der Waals surface area contributed by atoms with Crippen LogP contribution in [0.1, 0.15) is 78.1 Å². The Labute approximate surface area is 153 Å². The van der Waals surface area contributed by atoms with Gasteiger partial charge in [-0.2, -0.15) is 0 Å². The topological polar surface area (TPSA) is 90.7 Å². The molecule has 3 aliphatic rings. The maximum Gasteiger partial charge on any atom is 0.228 e. The van der Waals surface area contributed by atoms with Crippen molar-refractivity contribution >= 4 is 23.1 Å². The number of hydrogen-bond acceptors (Lipinski definition) is 6. The molecule has 2 aromatic rings. The molecule has 0 bridgehead atoms. The summed E-state index contributed by atoms with van der Waals surface area (Å²) >= 11 is 0. The molecule has 27 heavy (non-hydrogen) atoms. The quantitative estimate of drug-likeness (QED) is 0.774. The number of rotatable bonds is 1. The summed E-state index contributed by atoms with van der Waals surface area (Å²) in [7, 11) is 1.34. The zero-order chi connectivity index (χ0) is 19.1. The van der Waals surface area contributed by atoms with Crippen LogP contribution >= 0.6 is 0 Å². The summed E-state index contributed by atoms with van der Waals surface area (Å²) in [5.41, 5.74) is 1.77. The minimum atomic E-state index is -0.637. The highest BCUT2D eigenvalue weighted by Crippen LogP contribution is 2.50. The van der Waals surface area contributed by atoms with E-state index in [1.807, 2.05) is 6.92 Å². The molecule has 1 aromatic carbocycles. The van der Waals surface area contributed by atoms with Gasteiger partial charge in [0, 0.05) is 40.2 Å². The predicted octanol–water partition coefficient (Wildman–Crippen LogP) is 3.02. The zero-order valence-electron chi connectivity index (χ0n) is 14.7.